The van der Waals surface area contributed by atoms with Gasteiger partial charge in [0.25, 0.3) is 5.91 Å². The van der Waals surface area contributed by atoms with Crippen LogP contribution in [0, 0.1) is 19.8 Å². The third-order valence-electron chi connectivity index (χ3n) is 3.80. The number of aliphatic hydroxyl groups is 1. The molecule has 1 aromatic heterocycles. The van der Waals surface area contributed by atoms with Crippen LogP contribution < -0.4 is 5.32 Å². The molecule has 0 radical (unpaired) electrons. The van der Waals surface area contributed by atoms with Crippen LogP contribution in [0.2, 0.25) is 0 Å². The first-order chi connectivity index (χ1) is 9.92. The largest absolute Gasteiger partial charge is 0.396 e. The first-order valence-corrected chi connectivity index (χ1v) is 7.51. The van der Waals surface area contributed by atoms with E-state index in [0.29, 0.717) is 29.8 Å². The molecule has 5 nitrogen and oxygen atoms in total. The van der Waals surface area contributed by atoms with Gasteiger partial charge in [0.15, 0.2) is 5.78 Å². The van der Waals surface area contributed by atoms with E-state index in [2.05, 4.69) is 17.2 Å². The number of aromatic amines is 1. The highest BCUT2D eigenvalue weighted by Gasteiger charge is 2.20. The van der Waals surface area contributed by atoms with E-state index in [4.69, 9.17) is 5.11 Å². The molecule has 1 rings (SSSR count). The van der Waals surface area contributed by atoms with Crippen molar-refractivity contribution in [1.29, 1.82) is 0 Å². The first kappa shape index (κ1) is 17.4. The number of amides is 1. The summed E-state index contributed by atoms with van der Waals surface area (Å²) < 4.78 is 0. The Bertz CT molecular complexity index is 500. The van der Waals surface area contributed by atoms with Crippen LogP contribution in [0.5, 0.6) is 0 Å². The highest BCUT2D eigenvalue weighted by Crippen LogP contribution is 2.18. The van der Waals surface area contributed by atoms with Crippen molar-refractivity contribution >= 4 is 11.7 Å². The molecular weight excluding hydrogens is 268 g/mol. The Morgan fingerprint density at radius 1 is 1.29 bits per heavy atom. The number of hydrogen-bond donors (Lipinski definition) is 3. The summed E-state index contributed by atoms with van der Waals surface area (Å²) in [5, 5.41) is 11.9. The van der Waals surface area contributed by atoms with Crippen molar-refractivity contribution in [2.24, 2.45) is 5.92 Å². The number of nitrogens with one attached hydrogen (secondary N) is 2. The van der Waals surface area contributed by atoms with Crippen LogP contribution in [0.1, 0.15) is 65.2 Å². The Labute approximate surface area is 126 Å². The summed E-state index contributed by atoms with van der Waals surface area (Å²) in [5.41, 5.74) is 2.48. The Hall–Kier alpha value is -1.62. The summed E-state index contributed by atoms with van der Waals surface area (Å²) in [5.74, 6) is 0.0548. The van der Waals surface area contributed by atoms with E-state index in [-0.39, 0.29) is 24.2 Å². The van der Waals surface area contributed by atoms with E-state index in [0.717, 1.165) is 18.5 Å². The van der Waals surface area contributed by atoms with Gasteiger partial charge in [-0.3, -0.25) is 9.59 Å². The molecule has 0 spiro atoms. The second-order valence-corrected chi connectivity index (χ2v) is 5.56. The second kappa shape index (κ2) is 7.98. The summed E-state index contributed by atoms with van der Waals surface area (Å²) in [6.45, 7) is 7.85. The van der Waals surface area contributed by atoms with Crippen molar-refractivity contribution in [3.8, 4) is 0 Å². The summed E-state index contributed by atoms with van der Waals surface area (Å²) in [4.78, 5) is 26.8. The van der Waals surface area contributed by atoms with Gasteiger partial charge in [0, 0.05) is 24.4 Å². The Kier molecular flexibility index (Phi) is 6.62. The maximum absolute atomic E-state index is 12.3. The van der Waals surface area contributed by atoms with E-state index in [1.807, 2.05) is 0 Å². The number of hydrogen-bond acceptors (Lipinski definition) is 3. The normalized spacial score (nSPS) is 12.2. The monoisotopic (exact) mass is 294 g/mol. The minimum atomic E-state index is -0.192. The maximum Gasteiger partial charge on any atom is 0.268 e. The summed E-state index contributed by atoms with van der Waals surface area (Å²) >= 11 is 0. The Morgan fingerprint density at radius 2 is 1.95 bits per heavy atom. The van der Waals surface area contributed by atoms with E-state index < -0.39 is 0 Å². The molecule has 0 aliphatic rings. The molecule has 1 amide bonds. The number of carbonyl (C=O) groups is 2. The fourth-order valence-electron chi connectivity index (χ4n) is 2.77. The molecule has 0 fully saturated rings. The van der Waals surface area contributed by atoms with Gasteiger partial charge < -0.3 is 15.4 Å². The van der Waals surface area contributed by atoms with Gasteiger partial charge in [0.2, 0.25) is 0 Å². The van der Waals surface area contributed by atoms with Crippen molar-refractivity contribution < 1.29 is 14.7 Å². The number of aryl methyl sites for hydroxylation is 1. The lowest BCUT2D eigenvalue weighted by Crippen LogP contribution is -2.30. The summed E-state index contributed by atoms with van der Waals surface area (Å²) in [7, 11) is 0. The number of Topliss-reactive ketones (excluding diaryl/α,β-unsaturated/α-hetero) is 1. The standard InChI is InChI=1S/C16H26N2O3/c1-5-6-13(7-8-19)9-17-16(21)15-10(2)14(12(4)20)11(3)18-15/h13,18-19H,5-9H2,1-4H3,(H,17,21). The molecule has 1 unspecified atom stereocenters. The lowest BCUT2D eigenvalue weighted by Gasteiger charge is -2.15. The van der Waals surface area contributed by atoms with Crippen LogP contribution in [-0.2, 0) is 0 Å². The molecule has 0 bridgehead atoms. The smallest absolute Gasteiger partial charge is 0.268 e. The number of ketones is 1. The quantitative estimate of drug-likeness (QED) is 0.644. The molecular formula is C16H26N2O3. The highest BCUT2D eigenvalue weighted by atomic mass is 16.3. The van der Waals surface area contributed by atoms with Crippen LogP contribution >= 0.6 is 0 Å². The zero-order chi connectivity index (χ0) is 16.0. The number of aliphatic hydroxyl groups excluding tert-OH is 1. The zero-order valence-electron chi connectivity index (χ0n) is 13.4. The SMILES string of the molecule is CCCC(CCO)CNC(=O)c1[nH]c(C)c(C(C)=O)c1C. The minimum absolute atomic E-state index is 0.0376. The van der Waals surface area contributed by atoms with Gasteiger partial charge in [0.05, 0.1) is 0 Å². The predicted molar refractivity (Wildman–Crippen MR) is 82.7 cm³/mol. The molecule has 1 atom stereocenters. The van der Waals surface area contributed by atoms with E-state index >= 15 is 0 Å². The lowest BCUT2D eigenvalue weighted by molar-refractivity contribution is 0.0937. The first-order valence-electron chi connectivity index (χ1n) is 7.51. The molecule has 0 aliphatic heterocycles. The zero-order valence-corrected chi connectivity index (χ0v) is 13.4. The molecule has 0 saturated heterocycles. The van der Waals surface area contributed by atoms with Crippen molar-refractivity contribution in [2.75, 3.05) is 13.2 Å². The van der Waals surface area contributed by atoms with Gasteiger partial charge in [0.1, 0.15) is 5.69 Å². The minimum Gasteiger partial charge on any atom is -0.396 e. The van der Waals surface area contributed by atoms with Gasteiger partial charge in [-0.2, -0.15) is 0 Å². The number of rotatable bonds is 8. The van der Waals surface area contributed by atoms with Crippen molar-refractivity contribution in [2.45, 2.75) is 47.0 Å². The van der Waals surface area contributed by atoms with Crippen molar-refractivity contribution in [3.05, 3.63) is 22.5 Å². The lowest BCUT2D eigenvalue weighted by atomic mass is 10.00. The average molecular weight is 294 g/mol. The fraction of sp³-hybridized carbons (Fsp3) is 0.625. The topological polar surface area (TPSA) is 82.2 Å². The molecule has 3 N–H and O–H groups in total. The summed E-state index contributed by atoms with van der Waals surface area (Å²) in [6, 6.07) is 0. The molecule has 1 heterocycles. The van der Waals surface area contributed by atoms with Gasteiger partial charge in [-0.05, 0) is 45.1 Å². The molecule has 0 aliphatic carbocycles. The van der Waals surface area contributed by atoms with Crippen LogP contribution in [0.3, 0.4) is 0 Å². The molecule has 5 heteroatoms. The molecule has 1 aromatic rings. The van der Waals surface area contributed by atoms with Crippen LogP contribution in [0.4, 0.5) is 0 Å². The maximum atomic E-state index is 12.3. The Balaban J connectivity index is 2.76. The predicted octanol–water partition coefficient (Wildman–Crippen LogP) is 2.36. The van der Waals surface area contributed by atoms with Crippen LogP contribution in [0.15, 0.2) is 0 Å². The van der Waals surface area contributed by atoms with Gasteiger partial charge in [-0.1, -0.05) is 13.3 Å². The van der Waals surface area contributed by atoms with Crippen LogP contribution in [0.25, 0.3) is 0 Å². The van der Waals surface area contributed by atoms with Gasteiger partial charge in [-0.15, -0.1) is 0 Å². The Morgan fingerprint density at radius 3 is 2.43 bits per heavy atom. The van der Waals surface area contributed by atoms with Gasteiger partial charge >= 0.3 is 0 Å². The second-order valence-electron chi connectivity index (χ2n) is 5.56. The fourth-order valence-corrected chi connectivity index (χ4v) is 2.77. The van der Waals surface area contributed by atoms with E-state index in [1.165, 1.54) is 6.92 Å². The highest BCUT2D eigenvalue weighted by molar-refractivity contribution is 6.02. The number of carbonyl (C=O) groups excluding carboxylic acids is 2. The van der Waals surface area contributed by atoms with Gasteiger partial charge in [-0.25, -0.2) is 0 Å². The number of aromatic nitrogens is 1. The molecule has 21 heavy (non-hydrogen) atoms. The third kappa shape index (κ3) is 4.43. The average Bonchev–Trinajstić information content (AvgIpc) is 2.71. The van der Waals surface area contributed by atoms with E-state index in [9.17, 15) is 9.59 Å². The third-order valence-corrected chi connectivity index (χ3v) is 3.80. The molecule has 118 valence electrons. The van der Waals surface area contributed by atoms with Crippen molar-refractivity contribution in [3.63, 3.8) is 0 Å². The van der Waals surface area contributed by atoms with Crippen LogP contribution in [-0.4, -0.2) is 34.9 Å². The molecule has 0 aromatic carbocycles. The number of H-pyrrole nitrogens is 1. The van der Waals surface area contributed by atoms with E-state index in [1.54, 1.807) is 13.8 Å². The summed E-state index contributed by atoms with van der Waals surface area (Å²) in [6.07, 6.45) is 2.69. The van der Waals surface area contributed by atoms with Crippen molar-refractivity contribution in [1.82, 2.24) is 10.3 Å². The molecule has 0 saturated carbocycles.